The molecule has 1 aromatic heterocycles. The van der Waals surface area contributed by atoms with Crippen molar-refractivity contribution in [2.24, 2.45) is 0 Å². The molecule has 0 spiro atoms. The molecule has 1 fully saturated rings. The molecule has 0 bridgehead atoms. The van der Waals surface area contributed by atoms with Crippen molar-refractivity contribution >= 4 is 0 Å². The minimum Gasteiger partial charge on any atom is -0.298 e. The van der Waals surface area contributed by atoms with Gasteiger partial charge in [0.05, 0.1) is 6.20 Å². The molecule has 1 atom stereocenters. The van der Waals surface area contributed by atoms with Gasteiger partial charge in [-0.25, -0.2) is 13.2 Å². The van der Waals surface area contributed by atoms with Gasteiger partial charge in [-0.3, -0.25) is 10.00 Å². The third kappa shape index (κ3) is 3.76. The van der Waals surface area contributed by atoms with Gasteiger partial charge >= 0.3 is 0 Å². The first kappa shape index (κ1) is 17.8. The average molecular weight is 371 g/mol. The first-order valence-corrected chi connectivity index (χ1v) is 9.06. The molecule has 0 unspecified atom stereocenters. The molecule has 3 nitrogen and oxygen atoms in total. The number of likely N-dealkylation sites (tertiary alicyclic amines) is 1. The summed E-state index contributed by atoms with van der Waals surface area (Å²) >= 11 is 0. The number of hydrogen-bond acceptors (Lipinski definition) is 2. The third-order valence-electron chi connectivity index (χ3n) is 5.14. The van der Waals surface area contributed by atoms with E-state index < -0.39 is 11.6 Å². The quantitative estimate of drug-likeness (QED) is 0.709. The fraction of sp³-hybridized carbons (Fsp3) is 0.286. The van der Waals surface area contributed by atoms with E-state index in [0.29, 0.717) is 18.7 Å². The van der Waals surface area contributed by atoms with Crippen molar-refractivity contribution in [3.63, 3.8) is 0 Å². The lowest BCUT2D eigenvalue weighted by atomic mass is 9.90. The molecule has 0 radical (unpaired) electrons. The SMILES string of the molecule is Fc1cccc(-c2cn[nH]c2[C@@H]2CCCN(Cc3cccc(F)c3F)C2)c1. The molecule has 1 aliphatic rings. The molecule has 1 N–H and O–H groups in total. The molecule has 6 heteroatoms. The number of piperidine rings is 1. The second-order valence-corrected chi connectivity index (χ2v) is 6.99. The Morgan fingerprint density at radius 3 is 2.81 bits per heavy atom. The number of H-pyrrole nitrogens is 1. The number of nitrogens with one attached hydrogen (secondary N) is 1. The van der Waals surface area contributed by atoms with Crippen molar-refractivity contribution in [2.75, 3.05) is 13.1 Å². The Morgan fingerprint density at radius 1 is 1.11 bits per heavy atom. The van der Waals surface area contributed by atoms with Gasteiger partial charge in [-0.05, 0) is 43.1 Å². The van der Waals surface area contributed by atoms with Crippen LogP contribution in [0.25, 0.3) is 11.1 Å². The van der Waals surface area contributed by atoms with E-state index in [1.54, 1.807) is 18.3 Å². The number of nitrogens with zero attached hydrogens (tertiary/aromatic N) is 2. The monoisotopic (exact) mass is 371 g/mol. The molecule has 3 aromatic rings. The van der Waals surface area contributed by atoms with E-state index in [1.807, 2.05) is 6.07 Å². The molecule has 2 aromatic carbocycles. The predicted octanol–water partition coefficient (Wildman–Crippen LogP) is 4.87. The standard InChI is InChI=1S/C21H20F3N3/c22-17-7-1-4-14(10-17)18-11-25-26-21(18)16-6-3-9-27(13-16)12-15-5-2-8-19(23)20(15)24/h1-2,4-5,7-8,10-11,16H,3,6,9,12-13H2,(H,25,26)/t16-/m1/s1. The summed E-state index contributed by atoms with van der Waals surface area (Å²) in [6, 6.07) is 10.7. The van der Waals surface area contributed by atoms with E-state index in [-0.39, 0.29) is 11.7 Å². The highest BCUT2D eigenvalue weighted by Gasteiger charge is 2.26. The summed E-state index contributed by atoms with van der Waals surface area (Å²) in [5, 5.41) is 7.23. The molecule has 140 valence electrons. The highest BCUT2D eigenvalue weighted by molar-refractivity contribution is 5.65. The number of hydrogen-bond donors (Lipinski definition) is 1. The zero-order valence-corrected chi connectivity index (χ0v) is 14.8. The van der Waals surface area contributed by atoms with Crippen molar-refractivity contribution in [1.29, 1.82) is 0 Å². The fourth-order valence-corrected chi connectivity index (χ4v) is 3.84. The summed E-state index contributed by atoms with van der Waals surface area (Å²) < 4.78 is 41.1. The Balaban J connectivity index is 1.54. The van der Waals surface area contributed by atoms with Gasteiger partial charge in [0, 0.05) is 35.8 Å². The Bertz CT molecular complexity index is 938. The number of benzene rings is 2. The summed E-state index contributed by atoms with van der Waals surface area (Å²) in [7, 11) is 0. The van der Waals surface area contributed by atoms with Crippen LogP contribution in [-0.4, -0.2) is 28.2 Å². The van der Waals surface area contributed by atoms with Crippen LogP contribution in [0.1, 0.15) is 30.0 Å². The van der Waals surface area contributed by atoms with E-state index in [1.165, 1.54) is 18.2 Å². The van der Waals surface area contributed by atoms with E-state index >= 15 is 0 Å². The summed E-state index contributed by atoms with van der Waals surface area (Å²) in [6.45, 7) is 1.90. The van der Waals surface area contributed by atoms with Crippen LogP contribution in [0, 0.1) is 17.5 Å². The smallest absolute Gasteiger partial charge is 0.163 e. The van der Waals surface area contributed by atoms with Crippen LogP contribution in [0.2, 0.25) is 0 Å². The van der Waals surface area contributed by atoms with Crippen molar-refractivity contribution in [1.82, 2.24) is 15.1 Å². The number of rotatable bonds is 4. The van der Waals surface area contributed by atoms with Crippen LogP contribution < -0.4 is 0 Å². The lowest BCUT2D eigenvalue weighted by Crippen LogP contribution is -2.34. The Morgan fingerprint density at radius 2 is 1.96 bits per heavy atom. The van der Waals surface area contributed by atoms with Crippen LogP contribution in [0.5, 0.6) is 0 Å². The Hall–Kier alpha value is -2.60. The van der Waals surface area contributed by atoms with Crippen LogP contribution in [-0.2, 0) is 6.54 Å². The molecule has 0 saturated carbocycles. The minimum absolute atomic E-state index is 0.177. The normalized spacial score (nSPS) is 18.0. The second kappa shape index (κ2) is 7.56. The Kier molecular flexibility index (Phi) is 4.99. The van der Waals surface area contributed by atoms with Gasteiger partial charge in [0.15, 0.2) is 11.6 Å². The van der Waals surface area contributed by atoms with Crippen molar-refractivity contribution in [3.05, 3.63) is 77.4 Å². The van der Waals surface area contributed by atoms with E-state index in [2.05, 4.69) is 15.1 Å². The minimum atomic E-state index is -0.817. The molecule has 27 heavy (non-hydrogen) atoms. The molecular formula is C21H20F3N3. The van der Waals surface area contributed by atoms with E-state index in [0.717, 1.165) is 42.3 Å². The van der Waals surface area contributed by atoms with Gasteiger partial charge in [-0.15, -0.1) is 0 Å². The zero-order valence-electron chi connectivity index (χ0n) is 14.8. The maximum atomic E-state index is 14.0. The molecule has 4 rings (SSSR count). The molecule has 1 saturated heterocycles. The summed E-state index contributed by atoms with van der Waals surface area (Å²) in [4.78, 5) is 2.13. The highest BCUT2D eigenvalue weighted by Crippen LogP contribution is 2.33. The van der Waals surface area contributed by atoms with Crippen LogP contribution in [0.3, 0.4) is 0 Å². The number of aromatic nitrogens is 2. The lowest BCUT2D eigenvalue weighted by Gasteiger charge is -2.32. The van der Waals surface area contributed by atoms with Crippen molar-refractivity contribution in [3.8, 4) is 11.1 Å². The van der Waals surface area contributed by atoms with Crippen LogP contribution in [0.4, 0.5) is 13.2 Å². The van der Waals surface area contributed by atoms with Gasteiger partial charge in [0.25, 0.3) is 0 Å². The molecule has 0 amide bonds. The maximum Gasteiger partial charge on any atom is 0.163 e. The van der Waals surface area contributed by atoms with Gasteiger partial charge in [-0.2, -0.15) is 5.10 Å². The zero-order chi connectivity index (χ0) is 18.8. The topological polar surface area (TPSA) is 31.9 Å². The second-order valence-electron chi connectivity index (χ2n) is 6.99. The molecule has 1 aliphatic heterocycles. The van der Waals surface area contributed by atoms with Gasteiger partial charge < -0.3 is 0 Å². The maximum absolute atomic E-state index is 14.0. The fourth-order valence-electron chi connectivity index (χ4n) is 3.84. The molecule has 0 aliphatic carbocycles. The number of halogens is 3. The first-order chi connectivity index (χ1) is 13.1. The summed E-state index contributed by atoms with van der Waals surface area (Å²) in [5.41, 5.74) is 3.00. The lowest BCUT2D eigenvalue weighted by molar-refractivity contribution is 0.196. The highest BCUT2D eigenvalue weighted by atomic mass is 19.2. The first-order valence-electron chi connectivity index (χ1n) is 9.06. The van der Waals surface area contributed by atoms with E-state index in [4.69, 9.17) is 0 Å². The largest absolute Gasteiger partial charge is 0.298 e. The molecule has 2 heterocycles. The van der Waals surface area contributed by atoms with Crippen molar-refractivity contribution < 1.29 is 13.2 Å². The van der Waals surface area contributed by atoms with Gasteiger partial charge in [-0.1, -0.05) is 24.3 Å². The molecular weight excluding hydrogens is 351 g/mol. The van der Waals surface area contributed by atoms with Gasteiger partial charge in [0.1, 0.15) is 5.82 Å². The summed E-state index contributed by atoms with van der Waals surface area (Å²) in [5.74, 6) is -1.70. The van der Waals surface area contributed by atoms with Crippen LogP contribution in [0.15, 0.2) is 48.7 Å². The Labute approximate surface area is 155 Å². The average Bonchev–Trinajstić information content (AvgIpc) is 3.16. The van der Waals surface area contributed by atoms with Crippen LogP contribution >= 0.6 is 0 Å². The summed E-state index contributed by atoms with van der Waals surface area (Å²) in [6.07, 6.45) is 3.63. The van der Waals surface area contributed by atoms with Gasteiger partial charge in [0.2, 0.25) is 0 Å². The number of aromatic amines is 1. The van der Waals surface area contributed by atoms with Crippen molar-refractivity contribution in [2.45, 2.75) is 25.3 Å². The third-order valence-corrected chi connectivity index (χ3v) is 5.14. The van der Waals surface area contributed by atoms with E-state index in [9.17, 15) is 13.2 Å². The predicted molar refractivity (Wildman–Crippen MR) is 97.6 cm³/mol.